The van der Waals surface area contributed by atoms with Gasteiger partial charge in [0, 0.05) is 10.9 Å². The standard InChI is InChI=1S/C18H20BrNO/c1-2-6-17(15-7-4-3-5-8-15)20-18(21)16-11-9-14(13-19)10-12-16/h3-5,7-12,17H,2,6,13H2,1H3,(H,20,21). The molecule has 1 N–H and O–H groups in total. The molecule has 0 saturated carbocycles. The van der Waals surface area contributed by atoms with Crippen LogP contribution in [-0.4, -0.2) is 5.91 Å². The van der Waals surface area contributed by atoms with Crippen LogP contribution in [0.5, 0.6) is 0 Å². The quantitative estimate of drug-likeness (QED) is 0.744. The number of carbonyl (C=O) groups is 1. The Bertz CT molecular complexity index is 566. The SMILES string of the molecule is CCCC(NC(=O)c1ccc(CBr)cc1)c1ccccc1. The second-order valence-electron chi connectivity index (χ2n) is 5.06. The molecule has 0 heterocycles. The summed E-state index contributed by atoms with van der Waals surface area (Å²) < 4.78 is 0. The summed E-state index contributed by atoms with van der Waals surface area (Å²) in [7, 11) is 0. The summed E-state index contributed by atoms with van der Waals surface area (Å²) in [4.78, 5) is 12.4. The van der Waals surface area contributed by atoms with Gasteiger partial charge in [-0.1, -0.05) is 71.7 Å². The first kappa shape index (κ1) is 15.8. The molecule has 0 aliphatic carbocycles. The van der Waals surface area contributed by atoms with Crippen LogP contribution in [-0.2, 0) is 5.33 Å². The van der Waals surface area contributed by atoms with Crippen molar-refractivity contribution in [2.75, 3.05) is 0 Å². The molecule has 1 amide bonds. The van der Waals surface area contributed by atoms with Crippen LogP contribution in [0, 0.1) is 0 Å². The van der Waals surface area contributed by atoms with Crippen LogP contribution in [0.4, 0.5) is 0 Å². The van der Waals surface area contributed by atoms with Gasteiger partial charge in [0.2, 0.25) is 0 Å². The van der Waals surface area contributed by atoms with Crippen molar-refractivity contribution in [1.82, 2.24) is 5.32 Å². The van der Waals surface area contributed by atoms with E-state index >= 15 is 0 Å². The summed E-state index contributed by atoms with van der Waals surface area (Å²) in [6.07, 6.45) is 1.97. The summed E-state index contributed by atoms with van der Waals surface area (Å²) in [5, 5.41) is 3.94. The van der Waals surface area contributed by atoms with Gasteiger partial charge in [0.05, 0.1) is 6.04 Å². The number of amides is 1. The number of benzene rings is 2. The molecule has 2 aromatic rings. The number of carbonyl (C=O) groups excluding carboxylic acids is 1. The lowest BCUT2D eigenvalue weighted by molar-refractivity contribution is 0.0934. The molecule has 1 unspecified atom stereocenters. The summed E-state index contributed by atoms with van der Waals surface area (Å²) in [6, 6.07) is 17.9. The average Bonchev–Trinajstić information content (AvgIpc) is 2.55. The molecule has 0 saturated heterocycles. The molecule has 0 aliphatic heterocycles. The van der Waals surface area contributed by atoms with Crippen molar-refractivity contribution in [3.63, 3.8) is 0 Å². The monoisotopic (exact) mass is 345 g/mol. The molecule has 0 bridgehead atoms. The van der Waals surface area contributed by atoms with E-state index in [1.54, 1.807) is 0 Å². The van der Waals surface area contributed by atoms with Gasteiger partial charge in [-0.3, -0.25) is 4.79 Å². The van der Waals surface area contributed by atoms with Gasteiger partial charge in [-0.2, -0.15) is 0 Å². The van der Waals surface area contributed by atoms with Crippen LogP contribution in [0.15, 0.2) is 54.6 Å². The number of hydrogen-bond acceptors (Lipinski definition) is 1. The molecule has 0 fully saturated rings. The second-order valence-corrected chi connectivity index (χ2v) is 5.62. The summed E-state index contributed by atoms with van der Waals surface area (Å²) in [5.74, 6) is -0.0153. The van der Waals surface area contributed by atoms with E-state index in [1.807, 2.05) is 42.5 Å². The highest BCUT2D eigenvalue weighted by atomic mass is 79.9. The number of rotatable bonds is 6. The fourth-order valence-electron chi connectivity index (χ4n) is 2.28. The largest absolute Gasteiger partial charge is 0.345 e. The highest BCUT2D eigenvalue weighted by Crippen LogP contribution is 2.19. The molecule has 2 aromatic carbocycles. The molecule has 1 atom stereocenters. The normalized spacial score (nSPS) is 11.9. The maximum absolute atomic E-state index is 12.4. The highest BCUT2D eigenvalue weighted by molar-refractivity contribution is 9.08. The molecular weight excluding hydrogens is 326 g/mol. The Morgan fingerprint density at radius 1 is 1.10 bits per heavy atom. The fourth-order valence-corrected chi connectivity index (χ4v) is 2.66. The van der Waals surface area contributed by atoms with E-state index in [0.29, 0.717) is 5.56 Å². The zero-order chi connectivity index (χ0) is 15.1. The Hall–Kier alpha value is -1.61. The first-order chi connectivity index (χ1) is 10.2. The fraction of sp³-hybridized carbons (Fsp3) is 0.278. The van der Waals surface area contributed by atoms with Crippen LogP contribution >= 0.6 is 15.9 Å². The van der Waals surface area contributed by atoms with Crippen molar-refractivity contribution in [3.05, 3.63) is 71.3 Å². The Labute approximate surface area is 134 Å². The van der Waals surface area contributed by atoms with E-state index in [9.17, 15) is 4.79 Å². The highest BCUT2D eigenvalue weighted by Gasteiger charge is 2.14. The van der Waals surface area contributed by atoms with Gasteiger partial charge in [0.25, 0.3) is 5.91 Å². The molecule has 21 heavy (non-hydrogen) atoms. The Morgan fingerprint density at radius 2 is 1.76 bits per heavy atom. The Morgan fingerprint density at radius 3 is 2.33 bits per heavy atom. The Balaban J connectivity index is 2.10. The van der Waals surface area contributed by atoms with E-state index in [4.69, 9.17) is 0 Å². The molecule has 3 heteroatoms. The van der Waals surface area contributed by atoms with Crippen molar-refractivity contribution in [3.8, 4) is 0 Å². The van der Waals surface area contributed by atoms with Gasteiger partial charge in [0.1, 0.15) is 0 Å². The third kappa shape index (κ3) is 4.43. The zero-order valence-electron chi connectivity index (χ0n) is 12.2. The number of hydrogen-bond donors (Lipinski definition) is 1. The van der Waals surface area contributed by atoms with Gasteiger partial charge in [-0.15, -0.1) is 0 Å². The van der Waals surface area contributed by atoms with E-state index in [0.717, 1.165) is 23.7 Å². The van der Waals surface area contributed by atoms with Crippen molar-refractivity contribution in [2.24, 2.45) is 0 Å². The van der Waals surface area contributed by atoms with E-state index in [-0.39, 0.29) is 11.9 Å². The van der Waals surface area contributed by atoms with Gasteiger partial charge in [-0.25, -0.2) is 0 Å². The molecular formula is C18H20BrNO. The van der Waals surface area contributed by atoms with E-state index in [1.165, 1.54) is 5.56 Å². The summed E-state index contributed by atoms with van der Waals surface area (Å²) in [6.45, 7) is 2.13. The lowest BCUT2D eigenvalue weighted by Gasteiger charge is -2.18. The van der Waals surface area contributed by atoms with E-state index in [2.05, 4.69) is 40.3 Å². The Kier molecular flexibility index (Phi) is 6.00. The van der Waals surface area contributed by atoms with Gasteiger partial charge in [-0.05, 0) is 29.7 Å². The molecule has 0 radical (unpaired) electrons. The smallest absolute Gasteiger partial charge is 0.251 e. The predicted molar refractivity (Wildman–Crippen MR) is 90.6 cm³/mol. The van der Waals surface area contributed by atoms with Crippen molar-refractivity contribution in [2.45, 2.75) is 31.1 Å². The van der Waals surface area contributed by atoms with Crippen LogP contribution < -0.4 is 5.32 Å². The molecule has 2 rings (SSSR count). The number of nitrogens with one attached hydrogen (secondary N) is 1. The van der Waals surface area contributed by atoms with Crippen molar-refractivity contribution in [1.29, 1.82) is 0 Å². The van der Waals surface area contributed by atoms with Crippen LogP contribution in [0.1, 0.15) is 47.3 Å². The number of alkyl halides is 1. The third-order valence-corrected chi connectivity index (χ3v) is 4.10. The second kappa shape index (κ2) is 7.99. The van der Waals surface area contributed by atoms with Gasteiger partial charge >= 0.3 is 0 Å². The number of halogens is 1. The summed E-state index contributed by atoms with van der Waals surface area (Å²) >= 11 is 3.41. The third-order valence-electron chi connectivity index (χ3n) is 3.46. The molecule has 2 nitrogen and oxygen atoms in total. The topological polar surface area (TPSA) is 29.1 Å². The maximum Gasteiger partial charge on any atom is 0.251 e. The average molecular weight is 346 g/mol. The summed E-state index contributed by atoms with van der Waals surface area (Å²) in [5.41, 5.74) is 3.03. The van der Waals surface area contributed by atoms with Gasteiger partial charge in [0.15, 0.2) is 0 Å². The molecule has 0 spiro atoms. The first-order valence-corrected chi connectivity index (χ1v) is 8.37. The molecule has 0 aliphatic rings. The minimum atomic E-state index is -0.0153. The van der Waals surface area contributed by atoms with Crippen molar-refractivity contribution < 1.29 is 4.79 Å². The minimum absolute atomic E-state index is 0.0153. The molecule has 110 valence electrons. The van der Waals surface area contributed by atoms with Crippen LogP contribution in [0.3, 0.4) is 0 Å². The van der Waals surface area contributed by atoms with Crippen LogP contribution in [0.2, 0.25) is 0 Å². The van der Waals surface area contributed by atoms with Crippen LogP contribution in [0.25, 0.3) is 0 Å². The first-order valence-electron chi connectivity index (χ1n) is 7.25. The zero-order valence-corrected chi connectivity index (χ0v) is 13.8. The van der Waals surface area contributed by atoms with Crippen molar-refractivity contribution >= 4 is 21.8 Å². The molecule has 0 aromatic heterocycles. The van der Waals surface area contributed by atoms with E-state index < -0.39 is 0 Å². The lowest BCUT2D eigenvalue weighted by atomic mass is 10.0. The maximum atomic E-state index is 12.4. The minimum Gasteiger partial charge on any atom is -0.345 e. The lowest BCUT2D eigenvalue weighted by Crippen LogP contribution is -2.28. The van der Waals surface area contributed by atoms with Gasteiger partial charge < -0.3 is 5.32 Å². The predicted octanol–water partition coefficient (Wildman–Crippen LogP) is 4.85.